The van der Waals surface area contributed by atoms with Crippen LogP contribution in [-0.4, -0.2) is 39.8 Å². The van der Waals surface area contributed by atoms with E-state index < -0.39 is 0 Å². The van der Waals surface area contributed by atoms with Crippen molar-refractivity contribution in [3.8, 4) is 0 Å². The predicted octanol–water partition coefficient (Wildman–Crippen LogP) is 2.30. The zero-order valence-corrected chi connectivity index (χ0v) is 12.7. The fourth-order valence-electron chi connectivity index (χ4n) is 2.89. The number of rotatable bonds is 5. The van der Waals surface area contributed by atoms with E-state index in [9.17, 15) is 14.4 Å². The van der Waals surface area contributed by atoms with E-state index >= 15 is 0 Å². The average Bonchev–Trinajstić information content (AvgIpc) is 2.77. The summed E-state index contributed by atoms with van der Waals surface area (Å²) in [6, 6.07) is -0.218. The minimum Gasteiger partial charge on any atom is -0.351 e. The molecule has 2 rings (SSSR count). The second-order valence-electron chi connectivity index (χ2n) is 5.45. The number of imide groups is 1. The molecule has 2 unspecified atom stereocenters. The maximum Gasteiger partial charge on any atom is 0.289 e. The van der Waals surface area contributed by atoms with Crippen molar-refractivity contribution in [2.45, 2.75) is 64.0 Å². The Bertz CT molecular complexity index is 384. The molecule has 1 saturated heterocycles. The quantitative estimate of drug-likeness (QED) is 0.845. The summed E-state index contributed by atoms with van der Waals surface area (Å²) in [4.78, 5) is 37.0. The molecule has 2 atom stereocenters. The molecule has 0 radical (unpaired) electrons. The predicted molar refractivity (Wildman–Crippen MR) is 78.4 cm³/mol. The van der Waals surface area contributed by atoms with Gasteiger partial charge < -0.3 is 5.32 Å². The third-order valence-corrected chi connectivity index (χ3v) is 4.78. The zero-order chi connectivity index (χ0) is 14.5. The molecular weight excluding hydrogens is 276 g/mol. The highest BCUT2D eigenvalue weighted by atomic mass is 32.2. The van der Waals surface area contributed by atoms with Crippen molar-refractivity contribution in [3.63, 3.8) is 0 Å². The van der Waals surface area contributed by atoms with Gasteiger partial charge in [0.25, 0.3) is 5.24 Å². The van der Waals surface area contributed by atoms with Gasteiger partial charge in [-0.05, 0) is 19.3 Å². The van der Waals surface area contributed by atoms with E-state index in [1.807, 2.05) is 0 Å². The van der Waals surface area contributed by atoms with Gasteiger partial charge in [0.05, 0.1) is 11.8 Å². The van der Waals surface area contributed by atoms with Crippen LogP contribution < -0.4 is 5.32 Å². The number of amides is 3. The topological polar surface area (TPSA) is 66.5 Å². The molecule has 1 aliphatic carbocycles. The van der Waals surface area contributed by atoms with Gasteiger partial charge in [-0.25, -0.2) is 0 Å². The van der Waals surface area contributed by atoms with Crippen LogP contribution >= 0.6 is 11.8 Å². The molecule has 20 heavy (non-hydrogen) atoms. The van der Waals surface area contributed by atoms with Gasteiger partial charge in [0, 0.05) is 12.5 Å². The highest BCUT2D eigenvalue weighted by molar-refractivity contribution is 8.14. The van der Waals surface area contributed by atoms with Gasteiger partial charge in [-0.3, -0.25) is 19.3 Å². The van der Waals surface area contributed by atoms with E-state index in [2.05, 4.69) is 12.2 Å². The molecule has 0 aromatic carbocycles. The standard InChI is InChI=1S/C14H22N2O3S/c1-2-3-8-12(17)15-10-6-4-5-7-11(10)16-13(18)9-20-14(16)19/h10-11H,2-9H2,1H3,(H,15,17). The van der Waals surface area contributed by atoms with Gasteiger partial charge in [0.15, 0.2) is 0 Å². The molecule has 0 aromatic rings. The lowest BCUT2D eigenvalue weighted by Gasteiger charge is -2.36. The summed E-state index contributed by atoms with van der Waals surface area (Å²) in [5.74, 6) is 0.168. The second-order valence-corrected chi connectivity index (χ2v) is 6.37. The van der Waals surface area contributed by atoms with Crippen LogP contribution in [0.25, 0.3) is 0 Å². The Hall–Kier alpha value is -1.04. The summed E-state index contributed by atoms with van der Waals surface area (Å²) in [7, 11) is 0. The van der Waals surface area contributed by atoms with Crippen LogP contribution in [0.4, 0.5) is 4.79 Å². The first kappa shape index (κ1) is 15.4. The van der Waals surface area contributed by atoms with Crippen molar-refractivity contribution in [2.75, 3.05) is 5.75 Å². The highest BCUT2D eigenvalue weighted by Gasteiger charge is 2.41. The van der Waals surface area contributed by atoms with E-state index in [0.29, 0.717) is 6.42 Å². The van der Waals surface area contributed by atoms with E-state index in [-0.39, 0.29) is 34.9 Å². The van der Waals surface area contributed by atoms with Crippen molar-refractivity contribution in [3.05, 3.63) is 0 Å². The number of nitrogens with one attached hydrogen (secondary N) is 1. The Morgan fingerprint density at radius 2 is 2.10 bits per heavy atom. The summed E-state index contributed by atoms with van der Waals surface area (Å²) < 4.78 is 0. The molecule has 0 bridgehead atoms. The van der Waals surface area contributed by atoms with Crippen LogP contribution in [0.2, 0.25) is 0 Å². The number of nitrogens with zero attached hydrogens (tertiary/aromatic N) is 1. The normalized spacial score (nSPS) is 26.9. The average molecular weight is 298 g/mol. The Kier molecular flexibility index (Phi) is 5.46. The monoisotopic (exact) mass is 298 g/mol. The SMILES string of the molecule is CCCCC(=O)NC1CCCCC1N1C(=O)CSC1=O. The number of hydrogen-bond acceptors (Lipinski definition) is 4. The summed E-state index contributed by atoms with van der Waals surface area (Å²) in [5.41, 5.74) is 0. The van der Waals surface area contributed by atoms with Gasteiger partial charge in [-0.1, -0.05) is 37.9 Å². The maximum absolute atomic E-state index is 11.9. The molecule has 5 nitrogen and oxygen atoms in total. The lowest BCUT2D eigenvalue weighted by molar-refractivity contribution is -0.129. The summed E-state index contributed by atoms with van der Waals surface area (Å²) in [6.07, 6.45) is 6.09. The van der Waals surface area contributed by atoms with E-state index in [1.54, 1.807) is 0 Å². The molecule has 2 fully saturated rings. The summed E-state index contributed by atoms with van der Waals surface area (Å²) in [6.45, 7) is 2.05. The largest absolute Gasteiger partial charge is 0.351 e. The smallest absolute Gasteiger partial charge is 0.289 e. The highest BCUT2D eigenvalue weighted by Crippen LogP contribution is 2.30. The van der Waals surface area contributed by atoms with Crippen molar-refractivity contribution in [1.82, 2.24) is 10.2 Å². The van der Waals surface area contributed by atoms with Crippen molar-refractivity contribution in [2.24, 2.45) is 0 Å². The van der Waals surface area contributed by atoms with Crippen LogP contribution in [0, 0.1) is 0 Å². The fraction of sp³-hybridized carbons (Fsp3) is 0.786. The number of carbonyl (C=O) groups is 3. The molecule has 0 spiro atoms. The Morgan fingerprint density at radius 3 is 2.75 bits per heavy atom. The third-order valence-electron chi connectivity index (χ3n) is 3.95. The molecule has 6 heteroatoms. The van der Waals surface area contributed by atoms with Crippen molar-refractivity contribution >= 4 is 28.8 Å². The summed E-state index contributed by atoms with van der Waals surface area (Å²) >= 11 is 1.07. The minimum absolute atomic E-state index is 0.0375. The first-order chi connectivity index (χ1) is 9.63. The van der Waals surface area contributed by atoms with Crippen LogP contribution in [0.5, 0.6) is 0 Å². The van der Waals surface area contributed by atoms with Crippen LogP contribution in [0.1, 0.15) is 51.9 Å². The zero-order valence-electron chi connectivity index (χ0n) is 11.9. The number of unbranched alkanes of at least 4 members (excludes halogenated alkanes) is 1. The molecule has 1 heterocycles. The second kappa shape index (κ2) is 7.11. The first-order valence-electron chi connectivity index (χ1n) is 7.41. The third kappa shape index (κ3) is 3.53. The Balaban J connectivity index is 1.99. The molecule has 3 amide bonds. The van der Waals surface area contributed by atoms with Gasteiger partial charge in [-0.2, -0.15) is 0 Å². The number of thioether (sulfide) groups is 1. The van der Waals surface area contributed by atoms with Crippen LogP contribution in [0.3, 0.4) is 0 Å². The first-order valence-corrected chi connectivity index (χ1v) is 8.40. The lowest BCUT2D eigenvalue weighted by Crippen LogP contribution is -2.54. The van der Waals surface area contributed by atoms with Crippen LogP contribution in [0.15, 0.2) is 0 Å². The van der Waals surface area contributed by atoms with Gasteiger partial charge in [-0.15, -0.1) is 0 Å². The molecule has 0 aromatic heterocycles. The van der Waals surface area contributed by atoms with E-state index in [0.717, 1.165) is 50.3 Å². The molecule has 1 N–H and O–H groups in total. The summed E-state index contributed by atoms with van der Waals surface area (Å²) in [5, 5.41) is 2.87. The fourth-order valence-corrected chi connectivity index (χ4v) is 3.65. The minimum atomic E-state index is -0.158. The Morgan fingerprint density at radius 1 is 1.35 bits per heavy atom. The van der Waals surface area contributed by atoms with Gasteiger partial charge >= 0.3 is 0 Å². The molecular formula is C14H22N2O3S. The molecule has 2 aliphatic rings. The van der Waals surface area contributed by atoms with Crippen molar-refractivity contribution < 1.29 is 14.4 Å². The number of carbonyl (C=O) groups excluding carboxylic acids is 3. The van der Waals surface area contributed by atoms with E-state index in [4.69, 9.17) is 0 Å². The molecule has 112 valence electrons. The maximum atomic E-state index is 11.9. The molecule has 1 aliphatic heterocycles. The van der Waals surface area contributed by atoms with Crippen molar-refractivity contribution in [1.29, 1.82) is 0 Å². The molecule has 1 saturated carbocycles. The lowest BCUT2D eigenvalue weighted by atomic mass is 9.89. The van der Waals surface area contributed by atoms with Gasteiger partial charge in [0.2, 0.25) is 11.8 Å². The Labute approximate surface area is 123 Å². The van der Waals surface area contributed by atoms with Gasteiger partial charge in [0.1, 0.15) is 0 Å². The number of hydrogen-bond donors (Lipinski definition) is 1. The van der Waals surface area contributed by atoms with E-state index in [1.165, 1.54) is 4.90 Å². The van der Waals surface area contributed by atoms with Crippen LogP contribution in [-0.2, 0) is 9.59 Å².